The molecule has 0 saturated carbocycles. The third kappa shape index (κ3) is 3.77. The molecule has 6 heteroatoms. The molecule has 5 nitrogen and oxygen atoms in total. The SMILES string of the molecule is CCOP(=O)(OCC)C(C#N)CCO. The predicted molar refractivity (Wildman–Crippen MR) is 52.0 cm³/mol. The van der Waals surface area contributed by atoms with Gasteiger partial charge in [-0.05, 0) is 20.3 Å². The van der Waals surface area contributed by atoms with E-state index in [-0.39, 0.29) is 26.2 Å². The Hall–Kier alpha value is -0.400. The van der Waals surface area contributed by atoms with Gasteiger partial charge in [-0.2, -0.15) is 5.26 Å². The summed E-state index contributed by atoms with van der Waals surface area (Å²) in [5.74, 6) is 0. The molecule has 0 spiro atoms. The largest absolute Gasteiger partial charge is 0.396 e. The van der Waals surface area contributed by atoms with Gasteiger partial charge in [0.2, 0.25) is 0 Å². The van der Waals surface area contributed by atoms with Gasteiger partial charge in [0.1, 0.15) is 0 Å². The monoisotopic (exact) mass is 221 g/mol. The first-order valence-electron chi connectivity index (χ1n) is 4.53. The summed E-state index contributed by atoms with van der Waals surface area (Å²) in [4.78, 5) is 0. The van der Waals surface area contributed by atoms with Crippen molar-refractivity contribution >= 4 is 7.60 Å². The Bertz CT molecular complexity index is 228. The maximum Gasteiger partial charge on any atom is 0.347 e. The van der Waals surface area contributed by atoms with E-state index in [0.29, 0.717) is 0 Å². The average molecular weight is 221 g/mol. The first-order valence-corrected chi connectivity index (χ1v) is 6.15. The molecule has 0 aromatic rings. The molecule has 0 radical (unpaired) electrons. The standard InChI is InChI=1S/C8H16NO4P/c1-3-12-14(11,13-4-2)8(7-9)5-6-10/h8,10H,3-6H2,1-2H3. The number of nitriles is 1. The van der Waals surface area contributed by atoms with Crippen LogP contribution in [-0.4, -0.2) is 30.6 Å². The van der Waals surface area contributed by atoms with Crippen LogP contribution in [-0.2, 0) is 13.6 Å². The highest BCUT2D eigenvalue weighted by atomic mass is 31.2. The van der Waals surface area contributed by atoms with Crippen molar-refractivity contribution in [2.75, 3.05) is 19.8 Å². The van der Waals surface area contributed by atoms with Crippen LogP contribution in [0.1, 0.15) is 20.3 Å². The summed E-state index contributed by atoms with van der Waals surface area (Å²) in [6.07, 6.45) is 0.105. The third-order valence-corrected chi connectivity index (χ3v) is 3.92. The van der Waals surface area contributed by atoms with Crippen molar-refractivity contribution < 1.29 is 18.7 Å². The van der Waals surface area contributed by atoms with E-state index in [1.165, 1.54) is 0 Å². The van der Waals surface area contributed by atoms with Crippen molar-refractivity contribution in [3.63, 3.8) is 0 Å². The van der Waals surface area contributed by atoms with Gasteiger partial charge >= 0.3 is 7.60 Å². The van der Waals surface area contributed by atoms with Gasteiger partial charge in [-0.15, -0.1) is 0 Å². The Kier molecular flexibility index (Phi) is 6.77. The Morgan fingerprint density at radius 1 is 1.43 bits per heavy atom. The summed E-state index contributed by atoms with van der Waals surface area (Å²) in [7, 11) is -3.37. The molecule has 0 bridgehead atoms. The molecular formula is C8H16NO4P. The first kappa shape index (κ1) is 13.6. The lowest BCUT2D eigenvalue weighted by molar-refractivity contribution is 0.209. The Morgan fingerprint density at radius 3 is 2.21 bits per heavy atom. The van der Waals surface area contributed by atoms with Gasteiger partial charge < -0.3 is 14.2 Å². The van der Waals surface area contributed by atoms with E-state index in [9.17, 15) is 4.57 Å². The minimum atomic E-state index is -3.37. The first-order chi connectivity index (χ1) is 6.64. The molecule has 0 amide bonds. The van der Waals surface area contributed by atoms with Gasteiger partial charge in [-0.1, -0.05) is 0 Å². The van der Waals surface area contributed by atoms with Crippen molar-refractivity contribution in [3.8, 4) is 6.07 Å². The third-order valence-electron chi connectivity index (χ3n) is 1.55. The topological polar surface area (TPSA) is 79.5 Å². The molecule has 0 fully saturated rings. The van der Waals surface area contributed by atoms with Crippen LogP contribution < -0.4 is 0 Å². The van der Waals surface area contributed by atoms with Crippen molar-refractivity contribution in [1.82, 2.24) is 0 Å². The highest BCUT2D eigenvalue weighted by Gasteiger charge is 2.35. The second kappa shape index (κ2) is 6.97. The predicted octanol–water partition coefficient (Wildman–Crippen LogP) is 1.53. The van der Waals surface area contributed by atoms with E-state index >= 15 is 0 Å². The van der Waals surface area contributed by atoms with E-state index in [0.717, 1.165) is 0 Å². The molecule has 82 valence electrons. The van der Waals surface area contributed by atoms with Crippen LogP contribution in [0.4, 0.5) is 0 Å². The number of aliphatic hydroxyl groups is 1. The van der Waals surface area contributed by atoms with Gasteiger partial charge in [-0.25, -0.2) is 0 Å². The molecule has 1 atom stereocenters. The van der Waals surface area contributed by atoms with E-state index in [4.69, 9.17) is 19.4 Å². The maximum atomic E-state index is 12.0. The zero-order chi connectivity index (χ0) is 11.0. The van der Waals surface area contributed by atoms with E-state index in [1.807, 2.05) is 6.07 Å². The molecule has 0 rings (SSSR count). The fraction of sp³-hybridized carbons (Fsp3) is 0.875. The molecule has 1 unspecified atom stereocenters. The zero-order valence-electron chi connectivity index (χ0n) is 8.47. The molecule has 14 heavy (non-hydrogen) atoms. The van der Waals surface area contributed by atoms with Crippen LogP contribution in [0, 0.1) is 11.3 Å². The number of hydrogen-bond donors (Lipinski definition) is 1. The zero-order valence-corrected chi connectivity index (χ0v) is 9.37. The Balaban J connectivity index is 4.60. The van der Waals surface area contributed by atoms with Gasteiger partial charge in [-0.3, -0.25) is 4.57 Å². The molecule has 0 heterocycles. The van der Waals surface area contributed by atoms with Crippen LogP contribution >= 0.6 is 7.60 Å². The summed E-state index contributed by atoms with van der Waals surface area (Å²) in [6.45, 7) is 3.60. The normalized spacial score (nSPS) is 13.6. The summed E-state index contributed by atoms with van der Waals surface area (Å²) >= 11 is 0. The Morgan fingerprint density at radius 2 is 1.93 bits per heavy atom. The molecule has 0 aromatic heterocycles. The molecule has 0 aliphatic rings. The average Bonchev–Trinajstić information content (AvgIpc) is 2.14. The van der Waals surface area contributed by atoms with Gasteiger partial charge in [0.15, 0.2) is 5.66 Å². The summed E-state index contributed by atoms with van der Waals surface area (Å²) in [5, 5.41) is 17.4. The van der Waals surface area contributed by atoms with E-state index < -0.39 is 13.3 Å². The fourth-order valence-electron chi connectivity index (χ4n) is 0.993. The smallest absolute Gasteiger partial charge is 0.347 e. The summed E-state index contributed by atoms with van der Waals surface area (Å²) in [5.41, 5.74) is -0.882. The van der Waals surface area contributed by atoms with Gasteiger partial charge in [0.25, 0.3) is 0 Å². The molecule has 0 aromatic carbocycles. The second-order valence-corrected chi connectivity index (χ2v) is 4.75. The number of rotatable bonds is 7. The van der Waals surface area contributed by atoms with Crippen LogP contribution in [0.2, 0.25) is 0 Å². The second-order valence-electron chi connectivity index (χ2n) is 2.53. The lowest BCUT2D eigenvalue weighted by Crippen LogP contribution is -2.13. The van der Waals surface area contributed by atoms with Crippen molar-refractivity contribution in [2.24, 2.45) is 0 Å². The lowest BCUT2D eigenvalue weighted by Gasteiger charge is -2.20. The number of hydrogen-bond acceptors (Lipinski definition) is 5. The van der Waals surface area contributed by atoms with Crippen molar-refractivity contribution in [2.45, 2.75) is 25.9 Å². The number of aliphatic hydroxyl groups excluding tert-OH is 1. The fourth-order valence-corrected chi connectivity index (χ4v) is 2.72. The molecule has 0 aliphatic heterocycles. The van der Waals surface area contributed by atoms with E-state index in [1.54, 1.807) is 13.8 Å². The minimum Gasteiger partial charge on any atom is -0.396 e. The van der Waals surface area contributed by atoms with Crippen molar-refractivity contribution in [1.29, 1.82) is 5.26 Å². The highest BCUT2D eigenvalue weighted by molar-refractivity contribution is 7.55. The molecular weight excluding hydrogens is 205 g/mol. The highest BCUT2D eigenvalue weighted by Crippen LogP contribution is 2.53. The molecule has 0 aliphatic carbocycles. The Labute approximate surface area is 84.2 Å². The molecule has 1 N–H and O–H groups in total. The molecule has 0 saturated heterocycles. The summed E-state index contributed by atoms with van der Waals surface area (Å²) < 4.78 is 21.9. The summed E-state index contributed by atoms with van der Waals surface area (Å²) in [6, 6.07) is 1.84. The van der Waals surface area contributed by atoms with E-state index in [2.05, 4.69) is 0 Å². The van der Waals surface area contributed by atoms with Crippen LogP contribution in [0.15, 0.2) is 0 Å². The van der Waals surface area contributed by atoms with Crippen LogP contribution in [0.5, 0.6) is 0 Å². The quantitative estimate of drug-likeness (QED) is 0.659. The van der Waals surface area contributed by atoms with Gasteiger partial charge in [0.05, 0.1) is 19.3 Å². The van der Waals surface area contributed by atoms with Crippen molar-refractivity contribution in [3.05, 3.63) is 0 Å². The maximum absolute atomic E-state index is 12.0. The lowest BCUT2D eigenvalue weighted by atomic mass is 10.3. The van der Waals surface area contributed by atoms with Crippen LogP contribution in [0.25, 0.3) is 0 Å². The minimum absolute atomic E-state index is 0.105. The number of nitrogens with zero attached hydrogens (tertiary/aromatic N) is 1. The van der Waals surface area contributed by atoms with Crippen LogP contribution in [0.3, 0.4) is 0 Å². The van der Waals surface area contributed by atoms with Gasteiger partial charge in [0, 0.05) is 6.61 Å².